The zero-order chi connectivity index (χ0) is 18.4. The highest BCUT2D eigenvalue weighted by Crippen LogP contribution is 2.23. The number of benzene rings is 2. The number of nitrogens with zero attached hydrogens (tertiary/aromatic N) is 3. The number of hydrogen-bond donors (Lipinski definition) is 0. The monoisotopic (exact) mass is 295 g/mol. The van der Waals surface area contributed by atoms with E-state index in [-0.39, 0.29) is 5.82 Å². The minimum Gasteiger partial charge on any atom is -0.194 e. The Kier molecular flexibility index (Phi) is 2.75. The van der Waals surface area contributed by atoms with E-state index in [0.29, 0.717) is 0 Å². The Morgan fingerprint density at radius 3 is 2.23 bits per heavy atom. The Labute approximate surface area is 136 Å². The lowest BCUT2D eigenvalue weighted by molar-refractivity contribution is -0.592. The number of hydrogen-bond acceptors (Lipinski definition) is 1. The van der Waals surface area contributed by atoms with E-state index in [9.17, 15) is 0 Å². The van der Waals surface area contributed by atoms with Crippen molar-refractivity contribution in [3.63, 3.8) is 0 Å². The van der Waals surface area contributed by atoms with Gasteiger partial charge >= 0.3 is 0 Å². The minimum absolute atomic E-state index is 0.0747. The van der Waals surface area contributed by atoms with Crippen LogP contribution in [0, 0.1) is 27.6 Å². The van der Waals surface area contributed by atoms with E-state index in [4.69, 9.17) is 4.11 Å². The molecule has 1 aromatic heterocycles. The summed E-state index contributed by atoms with van der Waals surface area (Å²) in [5.74, 6) is 0.840. The quantitative estimate of drug-likeness (QED) is 0.662. The Bertz CT molecular complexity index is 919. The van der Waals surface area contributed by atoms with Gasteiger partial charge in [0.1, 0.15) is 5.69 Å². The molecule has 3 aromatic rings. The molecule has 3 heteroatoms. The standard InChI is InChI=1S/C19H22N3/c1-13-9-6-7-12-17(13)19-21(5)20-16(4)22(19)18-14(2)10-8-11-15(18)3/h6-12H,1-5H3/q+1/i4D3. The van der Waals surface area contributed by atoms with Gasteiger partial charge in [-0.3, -0.25) is 0 Å². The smallest absolute Gasteiger partial charge is 0.194 e. The summed E-state index contributed by atoms with van der Waals surface area (Å²) in [5.41, 5.74) is 4.94. The molecule has 2 aromatic carbocycles. The van der Waals surface area contributed by atoms with Crippen LogP contribution in [0.3, 0.4) is 0 Å². The average molecular weight is 295 g/mol. The second-order valence-corrected chi connectivity index (χ2v) is 5.66. The first-order chi connectivity index (χ1) is 11.7. The third-order valence-corrected chi connectivity index (χ3v) is 4.02. The molecule has 1 heterocycles. The van der Waals surface area contributed by atoms with Crippen molar-refractivity contribution in [3.8, 4) is 17.1 Å². The molecule has 0 spiro atoms. The van der Waals surface area contributed by atoms with Crippen LogP contribution < -0.4 is 4.57 Å². The fourth-order valence-electron chi connectivity index (χ4n) is 2.97. The second-order valence-electron chi connectivity index (χ2n) is 5.66. The van der Waals surface area contributed by atoms with Gasteiger partial charge in [-0.2, -0.15) is 4.57 Å². The van der Waals surface area contributed by atoms with E-state index in [1.165, 1.54) is 0 Å². The molecule has 0 amide bonds. The molecule has 3 rings (SSSR count). The van der Waals surface area contributed by atoms with Crippen LogP contribution in [0.15, 0.2) is 42.5 Å². The van der Waals surface area contributed by atoms with Crippen molar-refractivity contribution in [2.45, 2.75) is 27.6 Å². The summed E-state index contributed by atoms with van der Waals surface area (Å²) in [6, 6.07) is 13.9. The van der Waals surface area contributed by atoms with Crippen molar-refractivity contribution in [1.29, 1.82) is 0 Å². The van der Waals surface area contributed by atoms with Gasteiger partial charge in [0, 0.05) is 16.1 Å². The van der Waals surface area contributed by atoms with Crippen LogP contribution in [0.1, 0.15) is 26.6 Å². The first-order valence-corrected chi connectivity index (χ1v) is 7.34. The molecule has 0 fully saturated rings. The van der Waals surface area contributed by atoms with Gasteiger partial charge in [-0.1, -0.05) is 36.4 Å². The third-order valence-electron chi connectivity index (χ3n) is 4.02. The Hall–Kier alpha value is -2.42. The molecule has 112 valence electrons. The molecule has 22 heavy (non-hydrogen) atoms. The first kappa shape index (κ1) is 11.2. The first-order valence-electron chi connectivity index (χ1n) is 8.84. The molecule has 0 radical (unpaired) electrons. The zero-order valence-corrected chi connectivity index (χ0v) is 13.4. The van der Waals surface area contributed by atoms with Crippen LogP contribution >= 0.6 is 0 Å². The van der Waals surface area contributed by atoms with Crippen LogP contribution in [0.5, 0.6) is 0 Å². The fourth-order valence-corrected chi connectivity index (χ4v) is 2.97. The number of aryl methyl sites for hydroxylation is 5. The van der Waals surface area contributed by atoms with Gasteiger partial charge in [-0.25, -0.2) is 0 Å². The largest absolute Gasteiger partial charge is 0.279 e. The minimum atomic E-state index is -2.31. The van der Waals surface area contributed by atoms with E-state index in [2.05, 4.69) is 5.10 Å². The van der Waals surface area contributed by atoms with E-state index in [1.54, 1.807) is 16.3 Å². The highest BCUT2D eigenvalue weighted by molar-refractivity contribution is 5.58. The summed E-state index contributed by atoms with van der Waals surface area (Å²) < 4.78 is 27.4. The molecule has 0 aliphatic rings. The van der Waals surface area contributed by atoms with Crippen LogP contribution in [0.25, 0.3) is 17.1 Å². The Morgan fingerprint density at radius 1 is 0.955 bits per heavy atom. The molecular formula is C19H22N3+. The van der Waals surface area contributed by atoms with Crippen LogP contribution in [-0.4, -0.2) is 9.78 Å². The molecular weight excluding hydrogens is 270 g/mol. The predicted octanol–water partition coefficient (Wildman–Crippen LogP) is 3.60. The van der Waals surface area contributed by atoms with Crippen molar-refractivity contribution < 1.29 is 8.68 Å². The Balaban J connectivity index is 2.46. The molecule has 3 nitrogen and oxygen atoms in total. The summed E-state index contributed by atoms with van der Waals surface area (Å²) in [6.45, 7) is 3.69. The summed E-state index contributed by atoms with van der Waals surface area (Å²) in [4.78, 5) is 0. The van der Waals surface area contributed by atoms with Gasteiger partial charge in [0.05, 0.1) is 12.6 Å². The average Bonchev–Trinajstić information content (AvgIpc) is 2.85. The van der Waals surface area contributed by atoms with E-state index < -0.39 is 6.85 Å². The maximum absolute atomic E-state index is 7.97. The number of aromatic nitrogens is 3. The van der Waals surface area contributed by atoms with Crippen LogP contribution in [0.4, 0.5) is 0 Å². The summed E-state index contributed by atoms with van der Waals surface area (Å²) in [6.07, 6.45) is 0. The highest BCUT2D eigenvalue weighted by Gasteiger charge is 2.26. The lowest BCUT2D eigenvalue weighted by Crippen LogP contribution is -2.37. The van der Waals surface area contributed by atoms with Crippen LogP contribution in [-0.2, 0) is 7.05 Å². The molecule has 0 saturated heterocycles. The summed E-state index contributed by atoms with van der Waals surface area (Å²) in [5, 5.41) is 4.38. The predicted molar refractivity (Wildman–Crippen MR) is 89.1 cm³/mol. The SMILES string of the molecule is [2H]C([2H])([2H])c1nn(C)c(-c2ccccc2C)[n+]1-c1c(C)cccc1C. The summed E-state index contributed by atoms with van der Waals surface area (Å²) >= 11 is 0. The molecule has 0 atom stereocenters. The van der Waals surface area contributed by atoms with Crippen molar-refractivity contribution in [2.75, 3.05) is 0 Å². The van der Waals surface area contributed by atoms with Gasteiger partial charge in [0.2, 0.25) is 0 Å². The molecule has 0 saturated carbocycles. The van der Waals surface area contributed by atoms with E-state index >= 15 is 0 Å². The summed E-state index contributed by atoms with van der Waals surface area (Å²) in [7, 11) is 1.79. The zero-order valence-electron chi connectivity index (χ0n) is 16.4. The van der Waals surface area contributed by atoms with Gasteiger partial charge in [0.15, 0.2) is 0 Å². The normalized spacial score (nSPS) is 13.5. The maximum atomic E-state index is 7.97. The highest BCUT2D eigenvalue weighted by atomic mass is 15.4. The van der Waals surface area contributed by atoms with Gasteiger partial charge in [-0.15, -0.1) is 4.68 Å². The lowest BCUT2D eigenvalue weighted by Gasteiger charge is -2.11. The van der Waals surface area contributed by atoms with Gasteiger partial charge < -0.3 is 0 Å². The van der Waals surface area contributed by atoms with Crippen molar-refractivity contribution in [2.24, 2.45) is 7.05 Å². The topological polar surface area (TPSA) is 21.7 Å². The molecule has 0 N–H and O–H groups in total. The van der Waals surface area contributed by atoms with E-state index in [0.717, 1.165) is 33.8 Å². The molecule has 0 bridgehead atoms. The molecule has 0 aliphatic carbocycles. The maximum Gasteiger partial charge on any atom is 0.279 e. The molecule has 0 aliphatic heterocycles. The Morgan fingerprint density at radius 2 is 1.59 bits per heavy atom. The number of rotatable bonds is 2. The fraction of sp³-hybridized carbons (Fsp3) is 0.263. The van der Waals surface area contributed by atoms with Crippen molar-refractivity contribution in [3.05, 3.63) is 65.0 Å². The van der Waals surface area contributed by atoms with E-state index in [1.807, 2.05) is 63.2 Å². The number of para-hydroxylation sites is 1. The van der Waals surface area contributed by atoms with Gasteiger partial charge in [0.25, 0.3) is 11.6 Å². The molecule has 0 unspecified atom stereocenters. The van der Waals surface area contributed by atoms with Gasteiger partial charge in [-0.05, 0) is 43.5 Å². The lowest BCUT2D eigenvalue weighted by atomic mass is 10.1. The van der Waals surface area contributed by atoms with Crippen LogP contribution in [0.2, 0.25) is 0 Å². The van der Waals surface area contributed by atoms with Crippen molar-refractivity contribution in [1.82, 2.24) is 9.78 Å². The van der Waals surface area contributed by atoms with Crippen molar-refractivity contribution >= 4 is 0 Å². The second kappa shape index (κ2) is 5.41. The third kappa shape index (κ3) is 2.23.